The molecule has 0 saturated carbocycles. The molecule has 0 radical (unpaired) electrons. The molecule has 0 aromatic carbocycles. The molecule has 0 spiro atoms. The predicted octanol–water partition coefficient (Wildman–Crippen LogP) is 1.60. The zero-order chi connectivity index (χ0) is 17.2. The molecule has 1 aliphatic rings. The second-order valence-corrected chi connectivity index (χ2v) is 6.81. The van der Waals surface area contributed by atoms with Crippen molar-refractivity contribution in [3.63, 3.8) is 0 Å². The largest absolute Gasteiger partial charge is 0.444 e. The Balaban J connectivity index is 2.11. The van der Waals surface area contributed by atoms with Gasteiger partial charge in [0.05, 0.1) is 12.6 Å². The Bertz CT molecular complexity index is 561. The van der Waals surface area contributed by atoms with E-state index in [1.54, 1.807) is 30.6 Å². The summed E-state index contributed by atoms with van der Waals surface area (Å²) in [6, 6.07) is -0.384. The highest BCUT2D eigenvalue weighted by molar-refractivity contribution is 6.31. The highest BCUT2D eigenvalue weighted by Crippen LogP contribution is 2.21. The van der Waals surface area contributed by atoms with Crippen LogP contribution in [0.5, 0.6) is 0 Å². The first-order chi connectivity index (χ1) is 10.7. The van der Waals surface area contributed by atoms with Gasteiger partial charge >= 0.3 is 6.09 Å². The smallest absolute Gasteiger partial charge is 0.410 e. The van der Waals surface area contributed by atoms with Crippen LogP contribution in [-0.2, 0) is 4.74 Å². The van der Waals surface area contributed by atoms with Crippen LogP contribution in [0.25, 0.3) is 0 Å². The van der Waals surface area contributed by atoms with Gasteiger partial charge in [0.15, 0.2) is 0 Å². The molecule has 1 atom stereocenters. The van der Waals surface area contributed by atoms with E-state index in [1.807, 2.05) is 0 Å². The zero-order valence-corrected chi connectivity index (χ0v) is 14.7. The number of piperazine rings is 1. The summed E-state index contributed by atoms with van der Waals surface area (Å²) in [5.41, 5.74) is -0.571. The van der Waals surface area contributed by atoms with Crippen molar-refractivity contribution in [1.82, 2.24) is 19.9 Å². The third-order valence-electron chi connectivity index (χ3n) is 3.17. The molecule has 1 aromatic heterocycles. The third-order valence-corrected chi connectivity index (χ3v) is 3.51. The maximum atomic E-state index is 12.1. The van der Waals surface area contributed by atoms with E-state index in [0.29, 0.717) is 13.1 Å². The quantitative estimate of drug-likeness (QED) is 0.852. The average molecular weight is 364 g/mol. The summed E-state index contributed by atoms with van der Waals surface area (Å²) in [4.78, 5) is 27.2. The second kappa shape index (κ2) is 7.02. The molecule has 128 valence electrons. The number of carbonyl (C=O) groups excluding carboxylic acids is 1. The van der Waals surface area contributed by atoms with Gasteiger partial charge in [-0.2, -0.15) is 15.0 Å². The number of aliphatic hydroxyl groups excluding tert-OH is 1. The van der Waals surface area contributed by atoms with Gasteiger partial charge in [-0.05, 0) is 44.0 Å². The number of nitrogens with zero attached hydrogens (tertiary/aromatic N) is 5. The maximum absolute atomic E-state index is 12.1. The van der Waals surface area contributed by atoms with E-state index in [9.17, 15) is 9.90 Å². The van der Waals surface area contributed by atoms with Crippen molar-refractivity contribution in [2.45, 2.75) is 32.4 Å². The van der Waals surface area contributed by atoms with Crippen molar-refractivity contribution in [3.8, 4) is 0 Å². The van der Waals surface area contributed by atoms with Crippen LogP contribution in [0.3, 0.4) is 0 Å². The molecule has 1 fully saturated rings. The number of amides is 1. The molecule has 0 aliphatic carbocycles. The molecule has 2 rings (SSSR count). The Morgan fingerprint density at radius 2 is 1.87 bits per heavy atom. The fraction of sp³-hybridized carbons (Fsp3) is 0.692. The topological polar surface area (TPSA) is 91.7 Å². The lowest BCUT2D eigenvalue weighted by molar-refractivity contribution is 0.0196. The van der Waals surface area contributed by atoms with Crippen LogP contribution in [-0.4, -0.2) is 68.9 Å². The molecule has 23 heavy (non-hydrogen) atoms. The summed E-state index contributed by atoms with van der Waals surface area (Å²) < 4.78 is 5.35. The summed E-state index contributed by atoms with van der Waals surface area (Å²) in [6.07, 6.45) is -0.415. The number of anilines is 1. The van der Waals surface area contributed by atoms with Crippen molar-refractivity contribution >= 4 is 35.2 Å². The average Bonchev–Trinajstić information content (AvgIpc) is 2.43. The van der Waals surface area contributed by atoms with E-state index >= 15 is 0 Å². The van der Waals surface area contributed by atoms with Gasteiger partial charge in [-0.25, -0.2) is 4.79 Å². The zero-order valence-electron chi connectivity index (χ0n) is 13.2. The Morgan fingerprint density at radius 1 is 1.26 bits per heavy atom. The predicted molar refractivity (Wildman–Crippen MR) is 85.9 cm³/mol. The van der Waals surface area contributed by atoms with E-state index in [-0.39, 0.29) is 35.7 Å². The lowest BCUT2D eigenvalue weighted by Crippen LogP contribution is -2.57. The monoisotopic (exact) mass is 363 g/mol. The minimum absolute atomic E-state index is 0.0220. The van der Waals surface area contributed by atoms with Crippen molar-refractivity contribution in [2.24, 2.45) is 0 Å². The maximum Gasteiger partial charge on any atom is 0.410 e. The van der Waals surface area contributed by atoms with Crippen LogP contribution in [0.15, 0.2) is 0 Å². The number of aliphatic hydroxyl groups is 1. The van der Waals surface area contributed by atoms with Gasteiger partial charge in [-0.1, -0.05) is 0 Å². The van der Waals surface area contributed by atoms with Crippen molar-refractivity contribution < 1.29 is 14.6 Å². The van der Waals surface area contributed by atoms with Crippen molar-refractivity contribution in [2.75, 3.05) is 31.1 Å². The molecule has 1 amide bonds. The molecule has 2 heterocycles. The SMILES string of the molecule is CC(C)(C)OC(=O)N1CCN(c2nc(Cl)nc(Cl)n2)[C@@H](CO)C1. The summed E-state index contributed by atoms with van der Waals surface area (Å²) in [7, 11) is 0. The summed E-state index contributed by atoms with van der Waals surface area (Å²) in [6.45, 7) is 6.35. The Labute approximate surface area is 144 Å². The van der Waals surface area contributed by atoms with Gasteiger partial charge in [-0.3, -0.25) is 0 Å². The molecule has 0 unspecified atom stereocenters. The summed E-state index contributed by atoms with van der Waals surface area (Å²) in [5.74, 6) is 0.276. The van der Waals surface area contributed by atoms with Crippen LogP contribution in [0, 0.1) is 0 Å². The van der Waals surface area contributed by atoms with Crippen molar-refractivity contribution in [1.29, 1.82) is 0 Å². The number of ether oxygens (including phenoxy) is 1. The minimum atomic E-state index is -0.571. The lowest BCUT2D eigenvalue weighted by atomic mass is 10.2. The van der Waals surface area contributed by atoms with Crippen LogP contribution in [0.2, 0.25) is 10.6 Å². The second-order valence-electron chi connectivity index (χ2n) is 6.13. The van der Waals surface area contributed by atoms with Crippen molar-refractivity contribution in [3.05, 3.63) is 10.6 Å². The number of aromatic nitrogens is 3. The molecule has 0 bridgehead atoms. The third kappa shape index (κ3) is 4.79. The number of rotatable bonds is 2. The molecule has 1 N–H and O–H groups in total. The normalized spacial score (nSPS) is 19.0. The molecule has 1 saturated heterocycles. The number of carbonyl (C=O) groups is 1. The first kappa shape index (κ1) is 18.0. The first-order valence-corrected chi connectivity index (χ1v) is 7.87. The van der Waals surface area contributed by atoms with E-state index in [2.05, 4.69) is 15.0 Å². The fourth-order valence-corrected chi connectivity index (χ4v) is 2.57. The molecular formula is C13H19Cl2N5O3. The standard InChI is InChI=1S/C13H19Cl2N5O3/c1-13(2,3)23-12(22)19-4-5-20(8(6-19)7-21)11-17-9(14)16-10(15)18-11/h8,21H,4-7H2,1-3H3/t8-/m1/s1. The summed E-state index contributed by atoms with van der Waals surface area (Å²) >= 11 is 11.6. The van der Waals surface area contributed by atoms with Crippen LogP contribution < -0.4 is 4.90 Å². The lowest BCUT2D eigenvalue weighted by Gasteiger charge is -2.40. The van der Waals surface area contributed by atoms with Gasteiger partial charge in [0.25, 0.3) is 0 Å². The number of hydrogen-bond acceptors (Lipinski definition) is 7. The molecule has 1 aliphatic heterocycles. The highest BCUT2D eigenvalue weighted by atomic mass is 35.5. The van der Waals surface area contributed by atoms with E-state index in [1.165, 1.54) is 0 Å². The van der Waals surface area contributed by atoms with Gasteiger partial charge in [0, 0.05) is 19.6 Å². The first-order valence-electron chi connectivity index (χ1n) is 7.12. The van der Waals surface area contributed by atoms with Gasteiger partial charge in [0.2, 0.25) is 16.5 Å². The van der Waals surface area contributed by atoms with Gasteiger partial charge in [-0.15, -0.1) is 0 Å². The minimum Gasteiger partial charge on any atom is -0.444 e. The van der Waals surface area contributed by atoms with Gasteiger partial charge < -0.3 is 19.6 Å². The Morgan fingerprint density at radius 3 is 2.39 bits per heavy atom. The number of hydrogen-bond donors (Lipinski definition) is 1. The Kier molecular flexibility index (Phi) is 5.49. The van der Waals surface area contributed by atoms with Crippen LogP contribution in [0.1, 0.15) is 20.8 Å². The van der Waals surface area contributed by atoms with Gasteiger partial charge in [0.1, 0.15) is 5.60 Å². The van der Waals surface area contributed by atoms with E-state index in [0.717, 1.165) is 0 Å². The highest BCUT2D eigenvalue weighted by Gasteiger charge is 2.33. The van der Waals surface area contributed by atoms with Crippen LogP contribution >= 0.6 is 23.2 Å². The molecule has 10 heteroatoms. The molecule has 8 nitrogen and oxygen atoms in total. The number of halogens is 2. The Hall–Kier alpha value is -1.38. The van der Waals surface area contributed by atoms with E-state index in [4.69, 9.17) is 27.9 Å². The van der Waals surface area contributed by atoms with Crippen LogP contribution in [0.4, 0.5) is 10.7 Å². The fourth-order valence-electron chi connectivity index (χ4n) is 2.21. The molecular weight excluding hydrogens is 345 g/mol. The molecule has 1 aromatic rings. The van der Waals surface area contributed by atoms with E-state index < -0.39 is 11.7 Å². The summed E-state index contributed by atoms with van der Waals surface area (Å²) in [5, 5.41) is 9.59.